The molecule has 0 saturated carbocycles. The third-order valence-electron chi connectivity index (χ3n) is 2.38. The van der Waals surface area contributed by atoms with E-state index in [2.05, 4.69) is 0 Å². The van der Waals surface area contributed by atoms with Gasteiger partial charge in [0.1, 0.15) is 6.61 Å². The predicted molar refractivity (Wildman–Crippen MR) is 55.8 cm³/mol. The third kappa shape index (κ3) is 5.62. The van der Waals surface area contributed by atoms with E-state index in [0.717, 1.165) is 38.7 Å². The molecule has 0 aliphatic carbocycles. The van der Waals surface area contributed by atoms with Crippen LogP contribution in [0.1, 0.15) is 39.0 Å². The molecular formula is C11H20O4. The number of hydrogen-bond donors (Lipinski definition) is 0. The van der Waals surface area contributed by atoms with Gasteiger partial charge in [0.05, 0.1) is 12.7 Å². The Morgan fingerprint density at radius 2 is 2.27 bits per heavy atom. The highest BCUT2D eigenvalue weighted by atomic mass is 16.7. The largest absolute Gasteiger partial charge is 0.508 e. The van der Waals surface area contributed by atoms with Gasteiger partial charge in [-0.1, -0.05) is 13.3 Å². The van der Waals surface area contributed by atoms with Gasteiger partial charge in [-0.05, 0) is 25.7 Å². The summed E-state index contributed by atoms with van der Waals surface area (Å²) in [6, 6.07) is 0. The Bertz CT molecular complexity index is 175. The molecule has 88 valence electrons. The van der Waals surface area contributed by atoms with Crippen molar-refractivity contribution in [3.8, 4) is 0 Å². The zero-order chi connectivity index (χ0) is 10.9. The van der Waals surface area contributed by atoms with E-state index in [1.54, 1.807) is 0 Å². The SMILES string of the molecule is CCCCOC(=O)OCC1CCCCO1. The first-order valence-corrected chi connectivity index (χ1v) is 5.74. The molecule has 4 heteroatoms. The molecule has 1 atom stereocenters. The van der Waals surface area contributed by atoms with Crippen molar-refractivity contribution in [2.75, 3.05) is 19.8 Å². The van der Waals surface area contributed by atoms with Crippen molar-refractivity contribution in [1.82, 2.24) is 0 Å². The van der Waals surface area contributed by atoms with Crippen LogP contribution in [0.25, 0.3) is 0 Å². The number of unbranched alkanes of at least 4 members (excludes halogenated alkanes) is 1. The summed E-state index contributed by atoms with van der Waals surface area (Å²) < 4.78 is 15.2. The van der Waals surface area contributed by atoms with Gasteiger partial charge in [0.25, 0.3) is 0 Å². The van der Waals surface area contributed by atoms with Crippen LogP contribution in [-0.2, 0) is 14.2 Å². The molecule has 0 radical (unpaired) electrons. The number of carbonyl (C=O) groups excluding carboxylic acids is 1. The summed E-state index contributed by atoms with van der Waals surface area (Å²) in [5, 5.41) is 0. The lowest BCUT2D eigenvalue weighted by Crippen LogP contribution is -2.26. The molecular weight excluding hydrogens is 196 g/mol. The van der Waals surface area contributed by atoms with E-state index in [1.165, 1.54) is 0 Å². The lowest BCUT2D eigenvalue weighted by molar-refractivity contribution is -0.0373. The maximum atomic E-state index is 11.1. The molecule has 1 heterocycles. The molecule has 0 aromatic heterocycles. The summed E-state index contributed by atoms with van der Waals surface area (Å²) in [7, 11) is 0. The first kappa shape index (κ1) is 12.3. The maximum Gasteiger partial charge on any atom is 0.508 e. The number of rotatable bonds is 5. The molecule has 15 heavy (non-hydrogen) atoms. The van der Waals surface area contributed by atoms with Crippen molar-refractivity contribution in [2.24, 2.45) is 0 Å². The summed E-state index contributed by atoms with van der Waals surface area (Å²) in [5.74, 6) is 0. The van der Waals surface area contributed by atoms with E-state index < -0.39 is 6.16 Å². The summed E-state index contributed by atoms with van der Waals surface area (Å²) in [5.41, 5.74) is 0. The molecule has 1 aliphatic heterocycles. The molecule has 4 nitrogen and oxygen atoms in total. The molecule has 1 rings (SSSR count). The monoisotopic (exact) mass is 216 g/mol. The Hall–Kier alpha value is -0.770. The molecule has 1 unspecified atom stereocenters. The fourth-order valence-electron chi connectivity index (χ4n) is 1.44. The molecule has 1 fully saturated rings. The Morgan fingerprint density at radius 1 is 1.40 bits per heavy atom. The predicted octanol–water partition coefficient (Wildman–Crippen LogP) is 2.51. The minimum atomic E-state index is -0.572. The average molecular weight is 216 g/mol. The van der Waals surface area contributed by atoms with Gasteiger partial charge in [-0.3, -0.25) is 0 Å². The molecule has 0 spiro atoms. The standard InChI is InChI=1S/C11H20O4/c1-2-3-7-14-11(12)15-9-10-6-4-5-8-13-10/h10H,2-9H2,1H3. The summed E-state index contributed by atoms with van der Waals surface area (Å²) >= 11 is 0. The lowest BCUT2D eigenvalue weighted by Gasteiger charge is -2.21. The fraction of sp³-hybridized carbons (Fsp3) is 0.909. The van der Waals surface area contributed by atoms with E-state index in [0.29, 0.717) is 13.2 Å². The van der Waals surface area contributed by atoms with Crippen molar-refractivity contribution >= 4 is 6.16 Å². The van der Waals surface area contributed by atoms with Crippen molar-refractivity contribution in [1.29, 1.82) is 0 Å². The van der Waals surface area contributed by atoms with Crippen LogP contribution in [0, 0.1) is 0 Å². The van der Waals surface area contributed by atoms with Gasteiger partial charge in [-0.25, -0.2) is 4.79 Å². The second-order valence-electron chi connectivity index (χ2n) is 3.75. The van der Waals surface area contributed by atoms with Crippen LogP contribution < -0.4 is 0 Å². The van der Waals surface area contributed by atoms with Crippen LogP contribution in [0.4, 0.5) is 4.79 Å². The Labute approximate surface area is 90.9 Å². The first-order valence-electron chi connectivity index (χ1n) is 5.74. The molecule has 0 aromatic carbocycles. The number of ether oxygens (including phenoxy) is 3. The summed E-state index contributed by atoms with van der Waals surface area (Å²) in [6.07, 6.45) is 4.63. The first-order chi connectivity index (χ1) is 7.33. The highest BCUT2D eigenvalue weighted by Crippen LogP contribution is 2.12. The highest BCUT2D eigenvalue weighted by molar-refractivity contribution is 5.59. The molecule has 1 saturated heterocycles. The second kappa shape index (κ2) is 7.51. The van der Waals surface area contributed by atoms with Crippen LogP contribution in [0.5, 0.6) is 0 Å². The van der Waals surface area contributed by atoms with Crippen molar-refractivity contribution in [2.45, 2.75) is 45.1 Å². The van der Waals surface area contributed by atoms with Crippen LogP contribution in [0.15, 0.2) is 0 Å². The quantitative estimate of drug-likeness (QED) is 0.523. The van der Waals surface area contributed by atoms with Gasteiger partial charge in [0, 0.05) is 6.61 Å². The zero-order valence-electron chi connectivity index (χ0n) is 9.37. The molecule has 1 aliphatic rings. The van der Waals surface area contributed by atoms with Gasteiger partial charge in [-0.15, -0.1) is 0 Å². The molecule has 0 bridgehead atoms. The van der Waals surface area contributed by atoms with Crippen molar-refractivity contribution in [3.05, 3.63) is 0 Å². The Balaban J connectivity index is 2.00. The van der Waals surface area contributed by atoms with Gasteiger partial charge < -0.3 is 14.2 Å². The topological polar surface area (TPSA) is 44.8 Å². The Kier molecular flexibility index (Phi) is 6.16. The molecule has 0 amide bonds. The van der Waals surface area contributed by atoms with E-state index in [1.807, 2.05) is 6.92 Å². The highest BCUT2D eigenvalue weighted by Gasteiger charge is 2.16. The van der Waals surface area contributed by atoms with E-state index in [9.17, 15) is 4.79 Å². The zero-order valence-corrected chi connectivity index (χ0v) is 9.37. The fourth-order valence-corrected chi connectivity index (χ4v) is 1.44. The maximum absolute atomic E-state index is 11.1. The Morgan fingerprint density at radius 3 is 2.93 bits per heavy atom. The summed E-state index contributed by atoms with van der Waals surface area (Å²) in [6.45, 7) is 3.59. The second-order valence-corrected chi connectivity index (χ2v) is 3.75. The van der Waals surface area contributed by atoms with Crippen molar-refractivity contribution < 1.29 is 19.0 Å². The van der Waals surface area contributed by atoms with Crippen LogP contribution in [0.3, 0.4) is 0 Å². The molecule has 0 aromatic rings. The van der Waals surface area contributed by atoms with Crippen LogP contribution in [-0.4, -0.2) is 32.1 Å². The number of carbonyl (C=O) groups is 1. The normalized spacial score (nSPS) is 21.0. The van der Waals surface area contributed by atoms with Gasteiger partial charge in [0.2, 0.25) is 0 Å². The minimum absolute atomic E-state index is 0.0671. The van der Waals surface area contributed by atoms with Gasteiger partial charge in [-0.2, -0.15) is 0 Å². The smallest absolute Gasteiger partial charge is 0.434 e. The summed E-state index contributed by atoms with van der Waals surface area (Å²) in [4.78, 5) is 11.1. The van der Waals surface area contributed by atoms with Crippen LogP contribution >= 0.6 is 0 Å². The van der Waals surface area contributed by atoms with E-state index >= 15 is 0 Å². The average Bonchev–Trinajstić information content (AvgIpc) is 2.28. The van der Waals surface area contributed by atoms with E-state index in [4.69, 9.17) is 14.2 Å². The van der Waals surface area contributed by atoms with Gasteiger partial charge >= 0.3 is 6.16 Å². The number of hydrogen-bond acceptors (Lipinski definition) is 4. The molecule has 0 N–H and O–H groups in total. The third-order valence-corrected chi connectivity index (χ3v) is 2.38. The van der Waals surface area contributed by atoms with E-state index in [-0.39, 0.29) is 6.10 Å². The van der Waals surface area contributed by atoms with Crippen molar-refractivity contribution in [3.63, 3.8) is 0 Å². The van der Waals surface area contributed by atoms with Crippen LogP contribution in [0.2, 0.25) is 0 Å². The lowest BCUT2D eigenvalue weighted by atomic mass is 10.1. The van der Waals surface area contributed by atoms with Gasteiger partial charge in [0.15, 0.2) is 0 Å². The minimum Gasteiger partial charge on any atom is -0.434 e.